The van der Waals surface area contributed by atoms with Crippen molar-refractivity contribution in [1.82, 2.24) is 5.32 Å². The summed E-state index contributed by atoms with van der Waals surface area (Å²) in [7, 11) is 0. The maximum atomic E-state index is 11.6. The number of nitrogens with one attached hydrogen (secondary N) is 1. The van der Waals surface area contributed by atoms with E-state index in [1.165, 1.54) is 108 Å². The first-order valence-electron chi connectivity index (χ1n) is 12.9. The lowest BCUT2D eigenvalue weighted by molar-refractivity contribution is -0.923. The molecule has 0 unspecified atom stereocenters. The number of rotatable bonds is 22. The maximum Gasteiger partial charge on any atom is 0.219 e. The lowest BCUT2D eigenvalue weighted by atomic mass is 10.0. The van der Waals surface area contributed by atoms with E-state index in [1.54, 1.807) is 0 Å². The molecule has 0 atom stereocenters. The number of unbranched alkanes of at least 4 members (excludes halogenated alkanes) is 12. The minimum Gasteiger partial charge on any atom is -0.356 e. The zero-order valence-electron chi connectivity index (χ0n) is 20.2. The highest BCUT2D eigenvalue weighted by molar-refractivity contribution is 7.80. The predicted octanol–water partition coefficient (Wildman–Crippen LogP) is 6.76. The van der Waals surface area contributed by atoms with Crippen LogP contribution in [0, 0.1) is 0 Å². The number of hydrogen-bond donors (Lipinski definition) is 2. The Balaban J connectivity index is 3.27. The molecule has 3 nitrogen and oxygen atoms in total. The van der Waals surface area contributed by atoms with Crippen LogP contribution in [0.3, 0.4) is 0 Å². The number of carbonyl (C=O) groups is 1. The molecule has 0 heterocycles. The van der Waals surface area contributed by atoms with Crippen LogP contribution < -0.4 is 5.32 Å². The van der Waals surface area contributed by atoms with Crippen LogP contribution in [0.2, 0.25) is 0 Å². The van der Waals surface area contributed by atoms with Gasteiger partial charge in [-0.1, -0.05) is 64.2 Å². The fraction of sp³-hybridized carbons (Fsp3) is 0.960. The molecule has 0 spiro atoms. The molecule has 0 saturated carbocycles. The van der Waals surface area contributed by atoms with Crippen LogP contribution >= 0.6 is 12.6 Å². The third kappa shape index (κ3) is 17.2. The molecule has 0 aromatic rings. The Bertz CT molecular complexity index is 350. The molecule has 0 radical (unpaired) electrons. The van der Waals surface area contributed by atoms with Gasteiger partial charge >= 0.3 is 0 Å². The van der Waals surface area contributed by atoms with Gasteiger partial charge in [0.05, 0.1) is 26.2 Å². The van der Waals surface area contributed by atoms with Crippen LogP contribution in [-0.4, -0.2) is 48.9 Å². The van der Waals surface area contributed by atoms with E-state index < -0.39 is 0 Å². The average Bonchev–Trinajstić information content (AvgIpc) is 2.74. The molecule has 0 fully saturated rings. The number of nitrogens with zero attached hydrogens (tertiary/aromatic N) is 1. The zero-order chi connectivity index (χ0) is 21.6. The van der Waals surface area contributed by atoms with Gasteiger partial charge in [0.1, 0.15) is 0 Å². The Morgan fingerprint density at radius 2 is 1.07 bits per heavy atom. The van der Waals surface area contributed by atoms with Crippen LogP contribution in [0.1, 0.15) is 117 Å². The Hall–Kier alpha value is -0.220. The highest BCUT2D eigenvalue weighted by Gasteiger charge is 2.19. The molecule has 29 heavy (non-hydrogen) atoms. The molecule has 1 N–H and O–H groups in total. The van der Waals surface area contributed by atoms with Gasteiger partial charge in [0.2, 0.25) is 5.91 Å². The van der Waals surface area contributed by atoms with Gasteiger partial charge in [-0.2, -0.15) is 12.6 Å². The van der Waals surface area contributed by atoms with E-state index in [2.05, 4.69) is 38.7 Å². The van der Waals surface area contributed by atoms with Crippen LogP contribution in [0.25, 0.3) is 0 Å². The van der Waals surface area contributed by atoms with Gasteiger partial charge in [-0.25, -0.2) is 0 Å². The number of carbonyl (C=O) groups excluding carboxylic acids is 1. The fourth-order valence-electron chi connectivity index (χ4n) is 4.22. The lowest BCUT2D eigenvalue weighted by Crippen LogP contribution is -2.48. The minimum atomic E-state index is 0.214. The molecular weight excluding hydrogens is 376 g/mol. The Labute approximate surface area is 188 Å². The van der Waals surface area contributed by atoms with Crippen molar-refractivity contribution >= 4 is 18.5 Å². The zero-order valence-corrected chi connectivity index (χ0v) is 21.0. The molecular formula is C25H53N2OS+. The third-order valence-electron chi connectivity index (χ3n) is 6.71. The topological polar surface area (TPSA) is 29.1 Å². The molecule has 4 heteroatoms. The predicted molar refractivity (Wildman–Crippen MR) is 133 cm³/mol. The second-order valence-electron chi connectivity index (χ2n) is 8.79. The van der Waals surface area contributed by atoms with Crippen molar-refractivity contribution in [1.29, 1.82) is 0 Å². The molecule has 0 aliphatic carbocycles. The van der Waals surface area contributed by atoms with Gasteiger partial charge in [-0.05, 0) is 52.2 Å². The van der Waals surface area contributed by atoms with E-state index in [9.17, 15) is 4.79 Å². The molecule has 0 saturated heterocycles. The Morgan fingerprint density at radius 3 is 1.48 bits per heavy atom. The molecule has 174 valence electrons. The van der Waals surface area contributed by atoms with Gasteiger partial charge in [0.25, 0.3) is 0 Å². The summed E-state index contributed by atoms with van der Waals surface area (Å²) in [6.07, 6.45) is 19.3. The molecule has 1 amide bonds. The summed E-state index contributed by atoms with van der Waals surface area (Å²) in [6.45, 7) is 13.1. The summed E-state index contributed by atoms with van der Waals surface area (Å²) in [5.74, 6) is 1.06. The molecule has 0 aliphatic rings. The first kappa shape index (κ1) is 28.8. The maximum absolute atomic E-state index is 11.6. The molecule has 0 rings (SSSR count). The molecule has 0 bridgehead atoms. The summed E-state index contributed by atoms with van der Waals surface area (Å²) in [6, 6.07) is 0. The summed E-state index contributed by atoms with van der Waals surface area (Å²) in [4.78, 5) is 11.6. The van der Waals surface area contributed by atoms with Crippen molar-refractivity contribution in [3.05, 3.63) is 0 Å². The fourth-order valence-corrected chi connectivity index (χ4v) is 4.38. The number of hydrogen-bond acceptors (Lipinski definition) is 2. The van der Waals surface area contributed by atoms with Gasteiger partial charge in [-0.3, -0.25) is 4.79 Å². The minimum absolute atomic E-state index is 0.214. The Morgan fingerprint density at radius 1 is 0.655 bits per heavy atom. The Kier molecular flexibility index (Phi) is 20.9. The van der Waals surface area contributed by atoms with Crippen molar-refractivity contribution in [3.8, 4) is 0 Å². The van der Waals surface area contributed by atoms with Crippen molar-refractivity contribution < 1.29 is 9.28 Å². The van der Waals surface area contributed by atoms with Crippen LogP contribution in [-0.2, 0) is 4.79 Å². The number of amides is 1. The van der Waals surface area contributed by atoms with Gasteiger partial charge < -0.3 is 9.80 Å². The van der Waals surface area contributed by atoms with Gasteiger partial charge in [-0.15, -0.1) is 0 Å². The van der Waals surface area contributed by atoms with E-state index >= 15 is 0 Å². The van der Waals surface area contributed by atoms with Crippen LogP contribution in [0.15, 0.2) is 0 Å². The summed E-state index contributed by atoms with van der Waals surface area (Å²) in [5.41, 5.74) is 0. The van der Waals surface area contributed by atoms with Gasteiger partial charge in [0, 0.05) is 13.0 Å². The second kappa shape index (κ2) is 21.0. The monoisotopic (exact) mass is 429 g/mol. The molecule has 0 aliphatic heterocycles. The first-order chi connectivity index (χ1) is 14.1. The normalized spacial score (nSPS) is 11.7. The van der Waals surface area contributed by atoms with Crippen LogP contribution in [0.5, 0.6) is 0 Å². The second-order valence-corrected chi connectivity index (χ2v) is 9.23. The van der Waals surface area contributed by atoms with Crippen LogP contribution in [0.4, 0.5) is 0 Å². The SMILES string of the molecule is CC[N+](CC)(CC)CCCCCCCCCCCCCCCC(=O)NCCCS. The lowest BCUT2D eigenvalue weighted by Gasteiger charge is -2.35. The summed E-state index contributed by atoms with van der Waals surface area (Å²) >= 11 is 4.15. The number of thiol groups is 1. The first-order valence-corrected chi connectivity index (χ1v) is 13.5. The summed E-state index contributed by atoms with van der Waals surface area (Å²) < 4.78 is 1.31. The standard InChI is InChI=1S/C25H52N2OS/c1-4-27(5-2,6-3)23-19-17-15-13-11-9-7-8-10-12-14-16-18-21-25(28)26-22-20-24-29/h4-24H2,1-3H3,(H-,26,28,29)/p+1. The van der Waals surface area contributed by atoms with E-state index in [4.69, 9.17) is 0 Å². The van der Waals surface area contributed by atoms with Crippen molar-refractivity contribution in [3.63, 3.8) is 0 Å². The van der Waals surface area contributed by atoms with E-state index in [0.29, 0.717) is 6.42 Å². The molecule has 0 aromatic carbocycles. The van der Waals surface area contributed by atoms with E-state index in [0.717, 1.165) is 25.1 Å². The average molecular weight is 430 g/mol. The largest absolute Gasteiger partial charge is 0.356 e. The third-order valence-corrected chi connectivity index (χ3v) is 7.02. The quantitative estimate of drug-likeness (QED) is 0.111. The van der Waals surface area contributed by atoms with E-state index in [1.807, 2.05) is 0 Å². The number of quaternary nitrogens is 1. The highest BCUT2D eigenvalue weighted by atomic mass is 32.1. The van der Waals surface area contributed by atoms with Crippen molar-refractivity contribution in [2.75, 3.05) is 38.5 Å². The summed E-state index contributed by atoms with van der Waals surface area (Å²) in [5, 5.41) is 2.96. The highest BCUT2D eigenvalue weighted by Crippen LogP contribution is 2.14. The van der Waals surface area contributed by atoms with Crippen molar-refractivity contribution in [2.45, 2.75) is 117 Å². The smallest absolute Gasteiger partial charge is 0.219 e. The molecule has 0 aromatic heterocycles. The van der Waals surface area contributed by atoms with E-state index in [-0.39, 0.29) is 5.91 Å². The van der Waals surface area contributed by atoms with Gasteiger partial charge in [0.15, 0.2) is 0 Å². The van der Waals surface area contributed by atoms with Crippen molar-refractivity contribution in [2.24, 2.45) is 0 Å².